The fourth-order valence-electron chi connectivity index (χ4n) is 1.60. The van der Waals surface area contributed by atoms with Crippen molar-refractivity contribution in [3.05, 3.63) is 29.6 Å². The first-order chi connectivity index (χ1) is 9.06. The molecule has 0 aliphatic rings. The van der Waals surface area contributed by atoms with Crippen molar-refractivity contribution >= 4 is 5.91 Å². The predicted molar refractivity (Wildman–Crippen MR) is 72.5 cm³/mol. The van der Waals surface area contributed by atoms with Crippen molar-refractivity contribution in [3.63, 3.8) is 0 Å². The van der Waals surface area contributed by atoms with Gasteiger partial charge in [0.15, 0.2) is 6.61 Å². The van der Waals surface area contributed by atoms with Crippen LogP contribution >= 0.6 is 0 Å². The summed E-state index contributed by atoms with van der Waals surface area (Å²) in [7, 11) is 0. The molecule has 3 N–H and O–H groups in total. The highest BCUT2D eigenvalue weighted by molar-refractivity contribution is 5.77. The van der Waals surface area contributed by atoms with Crippen molar-refractivity contribution in [3.8, 4) is 5.75 Å². The normalized spacial score (nSPS) is 12.0. The van der Waals surface area contributed by atoms with Gasteiger partial charge in [0.05, 0.1) is 0 Å². The summed E-state index contributed by atoms with van der Waals surface area (Å²) in [6.45, 7) is 4.24. The van der Waals surface area contributed by atoms with E-state index in [2.05, 4.69) is 5.32 Å². The van der Waals surface area contributed by atoms with Gasteiger partial charge in [0.2, 0.25) is 0 Å². The van der Waals surface area contributed by atoms with E-state index in [0.717, 1.165) is 6.42 Å². The number of amides is 1. The molecular weight excluding hydrogens is 247 g/mol. The molecule has 0 aliphatic heterocycles. The van der Waals surface area contributed by atoms with Gasteiger partial charge in [-0.3, -0.25) is 4.79 Å². The number of hydrogen-bond donors (Lipinski definition) is 2. The Bertz CT molecular complexity index is 424. The topological polar surface area (TPSA) is 64.3 Å². The Labute approximate surface area is 113 Å². The average molecular weight is 268 g/mol. The molecule has 0 heterocycles. The Hall–Kier alpha value is -1.62. The molecule has 1 aromatic carbocycles. The van der Waals surface area contributed by atoms with Crippen molar-refractivity contribution in [2.45, 2.75) is 32.7 Å². The minimum Gasteiger partial charge on any atom is -0.483 e. The fraction of sp³-hybridized carbons (Fsp3) is 0.500. The van der Waals surface area contributed by atoms with Crippen molar-refractivity contribution in [2.75, 3.05) is 13.2 Å². The van der Waals surface area contributed by atoms with E-state index in [1.54, 1.807) is 0 Å². The summed E-state index contributed by atoms with van der Waals surface area (Å²) in [5.74, 6) is -0.0108. The monoisotopic (exact) mass is 268 g/mol. The van der Waals surface area contributed by atoms with Crippen molar-refractivity contribution in [1.29, 1.82) is 0 Å². The zero-order chi connectivity index (χ0) is 14.3. The summed E-state index contributed by atoms with van der Waals surface area (Å²) in [5, 5.41) is 2.80. The van der Waals surface area contributed by atoms with Gasteiger partial charge in [0.25, 0.3) is 5.91 Å². The second kappa shape index (κ2) is 7.74. The lowest BCUT2D eigenvalue weighted by molar-refractivity contribution is -0.123. The number of hydrogen-bond acceptors (Lipinski definition) is 3. The molecule has 0 fully saturated rings. The summed E-state index contributed by atoms with van der Waals surface area (Å²) in [6.07, 6.45) is 1.38. The molecule has 1 atom stereocenters. The largest absolute Gasteiger partial charge is 0.483 e. The molecule has 5 heteroatoms. The number of nitrogens with two attached hydrogens (primary N) is 1. The lowest BCUT2D eigenvalue weighted by Gasteiger charge is -2.14. The van der Waals surface area contributed by atoms with E-state index in [0.29, 0.717) is 24.3 Å². The maximum atomic E-state index is 13.1. The summed E-state index contributed by atoms with van der Waals surface area (Å²) >= 11 is 0. The highest BCUT2D eigenvalue weighted by Crippen LogP contribution is 2.19. The van der Waals surface area contributed by atoms with Crippen LogP contribution in [0.3, 0.4) is 0 Å². The van der Waals surface area contributed by atoms with Crippen molar-refractivity contribution in [1.82, 2.24) is 5.32 Å². The highest BCUT2D eigenvalue weighted by atomic mass is 19.1. The van der Waals surface area contributed by atoms with E-state index in [-0.39, 0.29) is 24.4 Å². The summed E-state index contributed by atoms with van der Waals surface area (Å²) in [4.78, 5) is 11.6. The second-order valence-electron chi connectivity index (χ2n) is 4.46. The molecule has 0 spiro atoms. The van der Waals surface area contributed by atoms with Gasteiger partial charge >= 0.3 is 0 Å². The minimum absolute atomic E-state index is 0.0758. The number of ether oxygens (including phenoxy) is 1. The van der Waals surface area contributed by atoms with Crippen LogP contribution in [-0.4, -0.2) is 25.1 Å². The Kier molecular flexibility index (Phi) is 6.29. The van der Waals surface area contributed by atoms with E-state index >= 15 is 0 Å². The molecule has 0 aromatic heterocycles. The minimum atomic E-state index is -0.333. The van der Waals surface area contributed by atoms with Gasteiger partial charge in [-0.2, -0.15) is 0 Å². The standard InChI is InChI=1S/C14H21FN2O2/c1-3-10(2)17-14(18)9-19-13-5-4-12(15)8-11(13)6-7-16/h4-5,8,10H,3,6-7,9,16H2,1-2H3,(H,17,18). The molecule has 1 aromatic rings. The van der Waals surface area contributed by atoms with Crippen molar-refractivity contribution in [2.24, 2.45) is 5.73 Å². The molecular formula is C14H21FN2O2. The molecule has 0 radical (unpaired) electrons. The zero-order valence-corrected chi connectivity index (χ0v) is 11.4. The lowest BCUT2D eigenvalue weighted by Crippen LogP contribution is -2.35. The number of carbonyl (C=O) groups is 1. The van der Waals surface area contributed by atoms with Crippen LogP contribution in [0.1, 0.15) is 25.8 Å². The van der Waals surface area contributed by atoms with E-state index in [9.17, 15) is 9.18 Å². The first-order valence-corrected chi connectivity index (χ1v) is 6.47. The molecule has 0 aliphatic carbocycles. The van der Waals surface area contributed by atoms with Gasteiger partial charge in [-0.1, -0.05) is 6.92 Å². The number of rotatable bonds is 7. The summed E-state index contributed by atoms with van der Waals surface area (Å²) < 4.78 is 18.5. The predicted octanol–water partition coefficient (Wildman–Crippen LogP) is 1.62. The third kappa shape index (κ3) is 5.26. The van der Waals surface area contributed by atoms with Crippen LogP contribution in [0, 0.1) is 5.82 Å². The van der Waals surface area contributed by atoms with Crippen LogP contribution in [0.5, 0.6) is 5.75 Å². The van der Waals surface area contributed by atoms with Gasteiger partial charge in [-0.25, -0.2) is 4.39 Å². The number of halogens is 1. The lowest BCUT2D eigenvalue weighted by atomic mass is 10.1. The Balaban J connectivity index is 2.59. The maximum absolute atomic E-state index is 13.1. The van der Waals surface area contributed by atoms with E-state index in [1.807, 2.05) is 13.8 Å². The highest BCUT2D eigenvalue weighted by Gasteiger charge is 2.09. The SMILES string of the molecule is CCC(C)NC(=O)COc1ccc(F)cc1CCN. The number of benzene rings is 1. The van der Waals surface area contributed by atoms with Crippen LogP contribution in [0.15, 0.2) is 18.2 Å². The molecule has 0 saturated carbocycles. The third-order valence-corrected chi connectivity index (χ3v) is 2.81. The van der Waals surface area contributed by atoms with Crippen LogP contribution in [0.25, 0.3) is 0 Å². The maximum Gasteiger partial charge on any atom is 0.258 e. The number of nitrogens with one attached hydrogen (secondary N) is 1. The van der Waals surface area contributed by atoms with E-state index in [1.165, 1.54) is 18.2 Å². The van der Waals surface area contributed by atoms with Crippen LogP contribution in [0.4, 0.5) is 4.39 Å². The molecule has 0 bridgehead atoms. The van der Waals surface area contributed by atoms with Gasteiger partial charge in [-0.15, -0.1) is 0 Å². The number of carbonyl (C=O) groups excluding carboxylic acids is 1. The third-order valence-electron chi connectivity index (χ3n) is 2.81. The average Bonchev–Trinajstić information content (AvgIpc) is 2.38. The smallest absolute Gasteiger partial charge is 0.258 e. The van der Waals surface area contributed by atoms with Gasteiger partial charge < -0.3 is 15.8 Å². The Morgan fingerprint density at radius 1 is 1.53 bits per heavy atom. The van der Waals surface area contributed by atoms with Gasteiger partial charge in [-0.05, 0) is 50.1 Å². The Morgan fingerprint density at radius 2 is 2.26 bits per heavy atom. The molecule has 1 amide bonds. The first kappa shape index (κ1) is 15.4. The molecule has 19 heavy (non-hydrogen) atoms. The first-order valence-electron chi connectivity index (χ1n) is 6.47. The molecule has 0 saturated heterocycles. The zero-order valence-electron chi connectivity index (χ0n) is 11.4. The van der Waals surface area contributed by atoms with Crippen LogP contribution in [-0.2, 0) is 11.2 Å². The van der Waals surface area contributed by atoms with Crippen LogP contribution < -0.4 is 15.8 Å². The van der Waals surface area contributed by atoms with E-state index < -0.39 is 0 Å². The van der Waals surface area contributed by atoms with Gasteiger partial charge in [0, 0.05) is 6.04 Å². The van der Waals surface area contributed by atoms with Crippen LogP contribution in [0.2, 0.25) is 0 Å². The Morgan fingerprint density at radius 3 is 2.89 bits per heavy atom. The summed E-state index contributed by atoms with van der Waals surface area (Å²) in [5.41, 5.74) is 6.14. The fourth-order valence-corrected chi connectivity index (χ4v) is 1.60. The van der Waals surface area contributed by atoms with Gasteiger partial charge in [0.1, 0.15) is 11.6 Å². The summed E-state index contributed by atoms with van der Waals surface area (Å²) in [6, 6.07) is 4.33. The quantitative estimate of drug-likeness (QED) is 0.790. The van der Waals surface area contributed by atoms with E-state index in [4.69, 9.17) is 10.5 Å². The molecule has 106 valence electrons. The molecule has 1 unspecified atom stereocenters. The molecule has 1 rings (SSSR count). The van der Waals surface area contributed by atoms with Crippen molar-refractivity contribution < 1.29 is 13.9 Å². The second-order valence-corrected chi connectivity index (χ2v) is 4.46. The molecule has 4 nitrogen and oxygen atoms in total.